The van der Waals surface area contributed by atoms with Crippen LogP contribution in [0.15, 0.2) is 42.5 Å². The monoisotopic (exact) mass is 412 g/mol. The molecule has 1 N–H and O–H groups in total. The summed E-state index contributed by atoms with van der Waals surface area (Å²) in [6, 6.07) is 12.9. The number of esters is 1. The normalized spacial score (nSPS) is 15.1. The zero-order chi connectivity index (χ0) is 21.5. The first-order valence-corrected chi connectivity index (χ1v) is 10.2. The molecule has 160 valence electrons. The molecule has 2 amide bonds. The van der Waals surface area contributed by atoms with E-state index in [4.69, 9.17) is 9.47 Å². The molecule has 1 heterocycles. The maximum absolute atomic E-state index is 12.7. The van der Waals surface area contributed by atoms with Gasteiger partial charge in [0.15, 0.2) is 6.61 Å². The standard InChI is InChI=1S/C23H28N2O5/c1-16(2)22(23(28)30-15-21(27)25-10-12-29-13-11-25)24-20(26)14-18-8-5-7-17-6-3-4-9-19(17)18/h3-9,16,22H,10-15H2,1-2H3,(H,24,26)/t22-/m0/s1. The summed E-state index contributed by atoms with van der Waals surface area (Å²) in [5.74, 6) is -1.29. The van der Waals surface area contributed by atoms with E-state index in [0.29, 0.717) is 26.3 Å². The number of hydrogen-bond acceptors (Lipinski definition) is 5. The van der Waals surface area contributed by atoms with Crippen molar-refractivity contribution in [2.24, 2.45) is 5.92 Å². The molecule has 0 spiro atoms. The van der Waals surface area contributed by atoms with Crippen LogP contribution in [0.5, 0.6) is 0 Å². The quantitative estimate of drug-likeness (QED) is 0.703. The Morgan fingerprint density at radius 1 is 1.07 bits per heavy atom. The molecule has 7 nitrogen and oxygen atoms in total. The van der Waals surface area contributed by atoms with Crippen molar-refractivity contribution in [2.45, 2.75) is 26.3 Å². The van der Waals surface area contributed by atoms with E-state index in [9.17, 15) is 14.4 Å². The first-order valence-electron chi connectivity index (χ1n) is 10.2. The number of morpholine rings is 1. The van der Waals surface area contributed by atoms with E-state index in [1.54, 1.807) is 4.90 Å². The van der Waals surface area contributed by atoms with Gasteiger partial charge < -0.3 is 19.7 Å². The van der Waals surface area contributed by atoms with E-state index < -0.39 is 12.0 Å². The van der Waals surface area contributed by atoms with Gasteiger partial charge in [-0.15, -0.1) is 0 Å². The van der Waals surface area contributed by atoms with Gasteiger partial charge in [-0.3, -0.25) is 9.59 Å². The molecule has 0 unspecified atom stereocenters. The molecule has 0 radical (unpaired) electrons. The highest BCUT2D eigenvalue weighted by Gasteiger charge is 2.27. The van der Waals surface area contributed by atoms with Gasteiger partial charge in [-0.25, -0.2) is 4.79 Å². The Bertz CT molecular complexity index is 900. The summed E-state index contributed by atoms with van der Waals surface area (Å²) < 4.78 is 10.4. The lowest BCUT2D eigenvalue weighted by Gasteiger charge is -2.27. The summed E-state index contributed by atoms with van der Waals surface area (Å²) in [6.45, 7) is 5.28. The fourth-order valence-corrected chi connectivity index (χ4v) is 3.47. The molecule has 7 heteroatoms. The third-order valence-electron chi connectivity index (χ3n) is 5.17. The van der Waals surface area contributed by atoms with E-state index in [1.807, 2.05) is 56.3 Å². The van der Waals surface area contributed by atoms with Gasteiger partial charge in [0.05, 0.1) is 19.6 Å². The molecule has 1 atom stereocenters. The number of benzene rings is 2. The van der Waals surface area contributed by atoms with Gasteiger partial charge in [-0.05, 0) is 22.3 Å². The summed E-state index contributed by atoms with van der Waals surface area (Å²) in [4.78, 5) is 39.0. The number of rotatable bonds is 7. The lowest BCUT2D eigenvalue weighted by atomic mass is 10.0. The maximum atomic E-state index is 12.7. The number of amides is 2. The van der Waals surface area contributed by atoms with E-state index >= 15 is 0 Å². The second-order valence-corrected chi connectivity index (χ2v) is 7.71. The third-order valence-corrected chi connectivity index (χ3v) is 5.17. The van der Waals surface area contributed by atoms with Gasteiger partial charge in [-0.1, -0.05) is 56.3 Å². The van der Waals surface area contributed by atoms with Crippen LogP contribution in [0.3, 0.4) is 0 Å². The number of nitrogens with zero attached hydrogens (tertiary/aromatic N) is 1. The Morgan fingerprint density at radius 3 is 2.50 bits per heavy atom. The Labute approximate surface area is 176 Å². The van der Waals surface area contributed by atoms with Gasteiger partial charge in [-0.2, -0.15) is 0 Å². The Balaban J connectivity index is 1.58. The van der Waals surface area contributed by atoms with Crippen LogP contribution >= 0.6 is 0 Å². The summed E-state index contributed by atoms with van der Waals surface area (Å²) in [5.41, 5.74) is 0.893. The minimum Gasteiger partial charge on any atom is -0.454 e. The largest absolute Gasteiger partial charge is 0.454 e. The van der Waals surface area contributed by atoms with Gasteiger partial charge >= 0.3 is 5.97 Å². The first kappa shape index (κ1) is 21.8. The minimum atomic E-state index is -0.815. The van der Waals surface area contributed by atoms with Crippen LogP contribution in [-0.4, -0.2) is 61.6 Å². The van der Waals surface area contributed by atoms with Crippen molar-refractivity contribution in [1.82, 2.24) is 10.2 Å². The van der Waals surface area contributed by atoms with Crippen molar-refractivity contribution in [3.63, 3.8) is 0 Å². The fourth-order valence-electron chi connectivity index (χ4n) is 3.47. The third kappa shape index (κ3) is 5.57. The number of nitrogens with one attached hydrogen (secondary N) is 1. The molecule has 30 heavy (non-hydrogen) atoms. The number of ether oxygens (including phenoxy) is 2. The molecular formula is C23H28N2O5. The van der Waals surface area contributed by atoms with Crippen LogP contribution in [0.4, 0.5) is 0 Å². The van der Waals surface area contributed by atoms with Crippen LogP contribution in [0.2, 0.25) is 0 Å². The molecule has 1 saturated heterocycles. The topological polar surface area (TPSA) is 84.9 Å². The van der Waals surface area contributed by atoms with E-state index in [2.05, 4.69) is 5.32 Å². The average molecular weight is 412 g/mol. The van der Waals surface area contributed by atoms with Gasteiger partial charge in [0.25, 0.3) is 5.91 Å². The SMILES string of the molecule is CC(C)[C@H](NC(=O)Cc1cccc2ccccc12)C(=O)OCC(=O)N1CCOCC1. The van der Waals surface area contributed by atoms with Crippen LogP contribution in [-0.2, 0) is 30.3 Å². The maximum Gasteiger partial charge on any atom is 0.329 e. The molecule has 1 fully saturated rings. The summed E-state index contributed by atoms with van der Waals surface area (Å²) in [5, 5.41) is 4.84. The smallest absolute Gasteiger partial charge is 0.329 e. The Kier molecular flexibility index (Phi) is 7.41. The molecule has 1 aliphatic rings. The van der Waals surface area contributed by atoms with Crippen molar-refractivity contribution in [1.29, 1.82) is 0 Å². The lowest BCUT2D eigenvalue weighted by Crippen LogP contribution is -2.47. The van der Waals surface area contributed by atoms with Crippen LogP contribution < -0.4 is 5.32 Å². The van der Waals surface area contributed by atoms with Crippen LogP contribution in [0.1, 0.15) is 19.4 Å². The zero-order valence-corrected chi connectivity index (χ0v) is 17.4. The molecule has 0 saturated carbocycles. The van der Waals surface area contributed by atoms with Gasteiger partial charge in [0.2, 0.25) is 5.91 Å². The molecule has 2 aromatic carbocycles. The number of carbonyl (C=O) groups is 3. The number of fused-ring (bicyclic) bond motifs is 1. The highest BCUT2D eigenvalue weighted by Crippen LogP contribution is 2.19. The van der Waals surface area contributed by atoms with Crippen molar-refractivity contribution in [3.05, 3.63) is 48.0 Å². The summed E-state index contributed by atoms with van der Waals surface area (Å²) in [7, 11) is 0. The predicted octanol–water partition coefficient (Wildman–Crippen LogP) is 1.93. The highest BCUT2D eigenvalue weighted by molar-refractivity contribution is 5.92. The molecule has 2 aromatic rings. The Morgan fingerprint density at radius 2 is 1.77 bits per heavy atom. The molecule has 1 aliphatic heterocycles. The van der Waals surface area contributed by atoms with Crippen molar-refractivity contribution in [2.75, 3.05) is 32.9 Å². The Hall–Kier alpha value is -2.93. The van der Waals surface area contributed by atoms with Crippen LogP contribution in [0.25, 0.3) is 10.8 Å². The van der Waals surface area contributed by atoms with Crippen molar-refractivity contribution < 1.29 is 23.9 Å². The summed E-state index contributed by atoms with van der Waals surface area (Å²) in [6.07, 6.45) is 0.157. The van der Waals surface area contributed by atoms with Crippen molar-refractivity contribution >= 4 is 28.6 Å². The van der Waals surface area contributed by atoms with Gasteiger partial charge in [0.1, 0.15) is 6.04 Å². The highest BCUT2D eigenvalue weighted by atomic mass is 16.5. The number of hydrogen-bond donors (Lipinski definition) is 1. The lowest BCUT2D eigenvalue weighted by molar-refractivity contribution is -0.156. The fraction of sp³-hybridized carbons (Fsp3) is 0.435. The van der Waals surface area contributed by atoms with E-state index in [1.165, 1.54) is 0 Å². The molecule has 0 aromatic heterocycles. The zero-order valence-electron chi connectivity index (χ0n) is 17.4. The summed E-state index contributed by atoms with van der Waals surface area (Å²) >= 11 is 0. The molecule has 0 aliphatic carbocycles. The number of carbonyl (C=O) groups excluding carboxylic acids is 3. The van der Waals surface area contributed by atoms with E-state index in [0.717, 1.165) is 16.3 Å². The molecule has 3 rings (SSSR count). The predicted molar refractivity (Wildman–Crippen MR) is 113 cm³/mol. The second kappa shape index (κ2) is 10.2. The second-order valence-electron chi connectivity index (χ2n) is 7.71. The van der Waals surface area contributed by atoms with Crippen molar-refractivity contribution in [3.8, 4) is 0 Å². The molecule has 0 bridgehead atoms. The van der Waals surface area contributed by atoms with Crippen LogP contribution in [0, 0.1) is 5.92 Å². The first-order chi connectivity index (χ1) is 14.5. The minimum absolute atomic E-state index is 0.157. The average Bonchev–Trinajstić information content (AvgIpc) is 2.76. The molecular weight excluding hydrogens is 384 g/mol. The van der Waals surface area contributed by atoms with E-state index in [-0.39, 0.29) is 30.8 Å². The van der Waals surface area contributed by atoms with Gasteiger partial charge in [0, 0.05) is 13.1 Å².